The van der Waals surface area contributed by atoms with Crippen molar-refractivity contribution in [2.75, 3.05) is 13.2 Å². The highest BCUT2D eigenvalue weighted by molar-refractivity contribution is 5.78. The molecular formula is C16H21NO4. The summed E-state index contributed by atoms with van der Waals surface area (Å²) in [6, 6.07) is 5.11. The first-order valence-corrected chi connectivity index (χ1v) is 7.45. The Morgan fingerprint density at radius 3 is 2.76 bits per heavy atom. The summed E-state index contributed by atoms with van der Waals surface area (Å²) in [6.45, 7) is 5.13. The van der Waals surface area contributed by atoms with Crippen LogP contribution in [0.4, 0.5) is 0 Å². The summed E-state index contributed by atoms with van der Waals surface area (Å²) in [4.78, 5) is 16.1. The first-order chi connectivity index (χ1) is 10.2. The maximum absolute atomic E-state index is 11.9. The number of ether oxygens (including phenoxy) is 2. The van der Waals surface area contributed by atoms with Crippen molar-refractivity contribution in [3.63, 3.8) is 0 Å². The lowest BCUT2D eigenvalue weighted by Crippen LogP contribution is -2.06. The Morgan fingerprint density at radius 2 is 2.00 bits per heavy atom. The smallest absolute Gasteiger partial charge is 0.397 e. The van der Waals surface area contributed by atoms with Gasteiger partial charge in [-0.15, -0.1) is 0 Å². The third kappa shape index (κ3) is 4.21. The molecule has 21 heavy (non-hydrogen) atoms. The van der Waals surface area contributed by atoms with Crippen LogP contribution in [-0.2, 0) is 0 Å². The average Bonchev–Trinajstić information content (AvgIpc) is 2.47. The van der Waals surface area contributed by atoms with E-state index in [9.17, 15) is 4.79 Å². The Labute approximate surface area is 123 Å². The second-order valence-electron chi connectivity index (χ2n) is 4.79. The molecule has 0 saturated carbocycles. The zero-order valence-corrected chi connectivity index (χ0v) is 12.6. The standard InChI is InChI=1S/C16H21NO4/c1-3-5-6-7-10-20-16-17-14-11-12(19-4-2)8-9-13(14)15(18)21-16/h8-9,11H,3-7,10H2,1-2H3. The highest BCUT2D eigenvalue weighted by atomic mass is 16.6. The predicted octanol–water partition coefficient (Wildman–Crippen LogP) is 3.55. The van der Waals surface area contributed by atoms with Gasteiger partial charge >= 0.3 is 11.7 Å². The van der Waals surface area contributed by atoms with Crippen LogP contribution in [0.2, 0.25) is 0 Å². The van der Waals surface area contributed by atoms with Crippen LogP contribution in [0.25, 0.3) is 10.9 Å². The van der Waals surface area contributed by atoms with Crippen molar-refractivity contribution in [2.45, 2.75) is 39.5 Å². The first-order valence-electron chi connectivity index (χ1n) is 7.45. The normalized spacial score (nSPS) is 10.8. The lowest BCUT2D eigenvalue weighted by Gasteiger charge is -2.06. The van der Waals surface area contributed by atoms with E-state index in [1.54, 1.807) is 18.2 Å². The molecule has 0 atom stereocenters. The van der Waals surface area contributed by atoms with Crippen LogP contribution in [0.3, 0.4) is 0 Å². The molecule has 0 amide bonds. The molecule has 0 N–H and O–H groups in total. The minimum Gasteiger partial charge on any atom is -0.494 e. The quantitative estimate of drug-likeness (QED) is 0.696. The maximum Gasteiger partial charge on any atom is 0.397 e. The number of rotatable bonds is 8. The fraction of sp³-hybridized carbons (Fsp3) is 0.500. The number of hydrogen-bond acceptors (Lipinski definition) is 5. The molecule has 0 fully saturated rings. The van der Waals surface area contributed by atoms with Crippen molar-refractivity contribution in [1.82, 2.24) is 4.98 Å². The van der Waals surface area contributed by atoms with E-state index in [2.05, 4.69) is 11.9 Å². The van der Waals surface area contributed by atoms with Crippen LogP contribution in [0.15, 0.2) is 27.4 Å². The van der Waals surface area contributed by atoms with Gasteiger partial charge in [0.2, 0.25) is 0 Å². The summed E-state index contributed by atoms with van der Waals surface area (Å²) < 4.78 is 15.9. The van der Waals surface area contributed by atoms with Gasteiger partial charge in [-0.3, -0.25) is 0 Å². The Kier molecular flexibility index (Phi) is 5.60. The highest BCUT2D eigenvalue weighted by Crippen LogP contribution is 2.19. The van der Waals surface area contributed by atoms with Crippen molar-refractivity contribution in [3.8, 4) is 11.8 Å². The van der Waals surface area contributed by atoms with E-state index in [-0.39, 0.29) is 6.08 Å². The summed E-state index contributed by atoms with van der Waals surface area (Å²) >= 11 is 0. The molecular weight excluding hydrogens is 270 g/mol. The molecule has 1 heterocycles. The van der Waals surface area contributed by atoms with E-state index in [0.29, 0.717) is 29.9 Å². The second kappa shape index (κ2) is 7.67. The molecule has 2 rings (SSSR count). The number of nitrogens with zero attached hydrogens (tertiary/aromatic N) is 1. The zero-order chi connectivity index (χ0) is 15.1. The van der Waals surface area contributed by atoms with Crippen molar-refractivity contribution in [3.05, 3.63) is 28.6 Å². The van der Waals surface area contributed by atoms with Crippen LogP contribution in [-0.4, -0.2) is 18.2 Å². The topological polar surface area (TPSA) is 61.6 Å². The molecule has 114 valence electrons. The van der Waals surface area contributed by atoms with Gasteiger partial charge in [0.15, 0.2) is 0 Å². The average molecular weight is 291 g/mol. The third-order valence-electron chi connectivity index (χ3n) is 3.12. The molecule has 0 spiro atoms. The lowest BCUT2D eigenvalue weighted by molar-refractivity contribution is 0.211. The van der Waals surface area contributed by atoms with Crippen molar-refractivity contribution < 1.29 is 13.9 Å². The molecule has 2 aromatic rings. The molecule has 0 saturated heterocycles. The largest absolute Gasteiger partial charge is 0.494 e. The molecule has 5 heteroatoms. The van der Waals surface area contributed by atoms with E-state index in [0.717, 1.165) is 12.8 Å². The van der Waals surface area contributed by atoms with Gasteiger partial charge in [-0.05, 0) is 25.5 Å². The third-order valence-corrected chi connectivity index (χ3v) is 3.12. The van der Waals surface area contributed by atoms with Crippen LogP contribution in [0, 0.1) is 0 Å². The molecule has 1 aromatic heterocycles. The van der Waals surface area contributed by atoms with Gasteiger partial charge in [0.1, 0.15) is 5.75 Å². The van der Waals surface area contributed by atoms with E-state index in [1.807, 2.05) is 6.92 Å². The van der Waals surface area contributed by atoms with Gasteiger partial charge in [0.05, 0.1) is 24.1 Å². The van der Waals surface area contributed by atoms with Gasteiger partial charge in [0.25, 0.3) is 0 Å². The van der Waals surface area contributed by atoms with Gasteiger partial charge in [-0.2, -0.15) is 4.98 Å². The number of fused-ring (bicyclic) bond motifs is 1. The van der Waals surface area contributed by atoms with Crippen LogP contribution in [0.5, 0.6) is 11.8 Å². The van der Waals surface area contributed by atoms with Crippen molar-refractivity contribution in [1.29, 1.82) is 0 Å². The van der Waals surface area contributed by atoms with E-state index < -0.39 is 5.63 Å². The van der Waals surface area contributed by atoms with Crippen molar-refractivity contribution in [2.24, 2.45) is 0 Å². The minimum absolute atomic E-state index is 0.0256. The Bertz CT molecular complexity index is 636. The SMILES string of the molecule is CCCCCCOc1nc2cc(OCC)ccc2c(=O)o1. The van der Waals surface area contributed by atoms with Crippen LogP contribution in [0.1, 0.15) is 39.5 Å². The van der Waals surface area contributed by atoms with Crippen molar-refractivity contribution >= 4 is 10.9 Å². The number of hydrogen-bond donors (Lipinski definition) is 0. The Hall–Kier alpha value is -2.04. The highest BCUT2D eigenvalue weighted by Gasteiger charge is 2.08. The zero-order valence-electron chi connectivity index (χ0n) is 12.6. The molecule has 0 aliphatic carbocycles. The van der Waals surface area contributed by atoms with E-state index in [4.69, 9.17) is 13.9 Å². The fourth-order valence-corrected chi connectivity index (χ4v) is 2.04. The van der Waals surface area contributed by atoms with Crippen LogP contribution < -0.4 is 15.1 Å². The second-order valence-corrected chi connectivity index (χ2v) is 4.79. The molecule has 0 unspecified atom stereocenters. The number of aromatic nitrogens is 1. The van der Waals surface area contributed by atoms with E-state index >= 15 is 0 Å². The molecule has 0 radical (unpaired) electrons. The molecule has 1 aromatic carbocycles. The summed E-state index contributed by atoms with van der Waals surface area (Å²) in [7, 11) is 0. The molecule has 0 aliphatic heterocycles. The summed E-state index contributed by atoms with van der Waals surface area (Å²) in [5.41, 5.74) is 0.0902. The monoisotopic (exact) mass is 291 g/mol. The maximum atomic E-state index is 11.9. The molecule has 0 bridgehead atoms. The summed E-state index contributed by atoms with van der Waals surface area (Å²) in [6.07, 6.45) is 4.40. The number of benzene rings is 1. The molecule has 5 nitrogen and oxygen atoms in total. The van der Waals surface area contributed by atoms with E-state index in [1.165, 1.54) is 12.8 Å². The van der Waals surface area contributed by atoms with Gasteiger partial charge in [-0.25, -0.2) is 4.79 Å². The predicted molar refractivity (Wildman–Crippen MR) is 81.1 cm³/mol. The molecule has 0 aliphatic rings. The number of unbranched alkanes of at least 4 members (excludes halogenated alkanes) is 3. The van der Waals surface area contributed by atoms with Gasteiger partial charge in [-0.1, -0.05) is 26.2 Å². The first kappa shape index (κ1) is 15.4. The lowest BCUT2D eigenvalue weighted by atomic mass is 10.2. The van der Waals surface area contributed by atoms with Crippen LogP contribution >= 0.6 is 0 Å². The Morgan fingerprint density at radius 1 is 1.14 bits per heavy atom. The summed E-state index contributed by atoms with van der Waals surface area (Å²) in [5.74, 6) is 0.678. The summed E-state index contributed by atoms with van der Waals surface area (Å²) in [5, 5.41) is 0.428. The minimum atomic E-state index is -0.438. The van der Waals surface area contributed by atoms with Gasteiger partial charge in [0, 0.05) is 6.07 Å². The van der Waals surface area contributed by atoms with Gasteiger partial charge < -0.3 is 13.9 Å². The fourth-order valence-electron chi connectivity index (χ4n) is 2.04. The Balaban J connectivity index is 2.12.